The number of rotatable bonds is 7. The zero-order valence-corrected chi connectivity index (χ0v) is 14.1. The van der Waals surface area contributed by atoms with E-state index in [1.807, 2.05) is 0 Å². The van der Waals surface area contributed by atoms with Crippen molar-refractivity contribution in [2.24, 2.45) is 5.73 Å². The standard InChI is InChI=1S/C19H24N2S/c1-15(2)21(13-16-7-4-3-5-8-16)14-18-10-6-9-17(11-18)12-19(20)22/h3-11,15H,12-14H2,1-2H3,(H2,20,22). The fraction of sp³-hybridized carbons (Fsp3) is 0.316. The minimum atomic E-state index is 0.486. The summed E-state index contributed by atoms with van der Waals surface area (Å²) in [4.78, 5) is 3.01. The Hall–Kier alpha value is -1.71. The zero-order chi connectivity index (χ0) is 15.9. The maximum atomic E-state index is 5.65. The molecule has 2 N–H and O–H groups in total. The van der Waals surface area contributed by atoms with Crippen LogP contribution in [0.3, 0.4) is 0 Å². The van der Waals surface area contributed by atoms with E-state index in [0.717, 1.165) is 13.1 Å². The van der Waals surface area contributed by atoms with Gasteiger partial charge in [-0.05, 0) is 30.5 Å². The molecule has 0 fully saturated rings. The van der Waals surface area contributed by atoms with Gasteiger partial charge in [0.2, 0.25) is 0 Å². The summed E-state index contributed by atoms with van der Waals surface area (Å²) < 4.78 is 0. The van der Waals surface area contributed by atoms with Crippen LogP contribution >= 0.6 is 12.2 Å². The van der Waals surface area contributed by atoms with Crippen LogP contribution in [0.2, 0.25) is 0 Å². The average molecular weight is 312 g/mol. The second-order valence-corrected chi connectivity index (χ2v) is 6.47. The minimum absolute atomic E-state index is 0.486. The molecule has 0 aliphatic carbocycles. The summed E-state index contributed by atoms with van der Waals surface area (Å²) >= 11 is 5.00. The first-order valence-corrected chi connectivity index (χ1v) is 8.09. The molecule has 0 aliphatic rings. The molecule has 0 saturated carbocycles. The molecule has 0 saturated heterocycles. The van der Waals surface area contributed by atoms with E-state index in [2.05, 4.69) is 73.3 Å². The zero-order valence-electron chi connectivity index (χ0n) is 13.3. The quantitative estimate of drug-likeness (QED) is 0.786. The van der Waals surface area contributed by atoms with Gasteiger partial charge in [-0.1, -0.05) is 66.8 Å². The molecule has 0 heterocycles. The van der Waals surface area contributed by atoms with E-state index in [9.17, 15) is 0 Å². The highest BCUT2D eigenvalue weighted by molar-refractivity contribution is 7.80. The van der Waals surface area contributed by atoms with E-state index >= 15 is 0 Å². The first-order valence-electron chi connectivity index (χ1n) is 7.68. The van der Waals surface area contributed by atoms with Gasteiger partial charge in [-0.2, -0.15) is 0 Å². The lowest BCUT2D eigenvalue weighted by Crippen LogP contribution is -2.29. The molecule has 0 aromatic heterocycles. The highest BCUT2D eigenvalue weighted by Crippen LogP contribution is 2.14. The summed E-state index contributed by atoms with van der Waals surface area (Å²) in [5, 5.41) is 0. The van der Waals surface area contributed by atoms with Gasteiger partial charge in [0.25, 0.3) is 0 Å². The third kappa shape index (κ3) is 5.24. The third-order valence-corrected chi connectivity index (χ3v) is 3.86. The van der Waals surface area contributed by atoms with Crippen LogP contribution in [0.25, 0.3) is 0 Å². The first-order chi connectivity index (χ1) is 10.5. The Morgan fingerprint density at radius 2 is 1.55 bits per heavy atom. The molecule has 3 heteroatoms. The second-order valence-electron chi connectivity index (χ2n) is 5.95. The summed E-state index contributed by atoms with van der Waals surface area (Å²) in [6.45, 7) is 6.36. The minimum Gasteiger partial charge on any atom is -0.393 e. The highest BCUT2D eigenvalue weighted by atomic mass is 32.1. The summed E-state index contributed by atoms with van der Waals surface area (Å²) in [7, 11) is 0. The van der Waals surface area contributed by atoms with Crippen LogP contribution in [0.15, 0.2) is 54.6 Å². The predicted molar refractivity (Wildman–Crippen MR) is 97.8 cm³/mol. The largest absolute Gasteiger partial charge is 0.393 e. The molecule has 22 heavy (non-hydrogen) atoms. The second kappa shape index (κ2) is 8.06. The monoisotopic (exact) mass is 312 g/mol. The van der Waals surface area contributed by atoms with Crippen LogP contribution in [0, 0.1) is 0 Å². The van der Waals surface area contributed by atoms with E-state index in [1.54, 1.807) is 0 Å². The van der Waals surface area contributed by atoms with Gasteiger partial charge in [-0.15, -0.1) is 0 Å². The third-order valence-electron chi connectivity index (χ3n) is 3.71. The smallest absolute Gasteiger partial charge is 0.0771 e. The Morgan fingerprint density at radius 1 is 0.955 bits per heavy atom. The van der Waals surface area contributed by atoms with Gasteiger partial charge in [0.1, 0.15) is 0 Å². The number of nitrogens with two attached hydrogens (primary N) is 1. The Morgan fingerprint density at radius 3 is 2.18 bits per heavy atom. The number of hydrogen-bond acceptors (Lipinski definition) is 2. The maximum Gasteiger partial charge on any atom is 0.0771 e. The molecule has 0 spiro atoms. The normalized spacial score (nSPS) is 11.1. The van der Waals surface area contributed by atoms with Gasteiger partial charge < -0.3 is 5.73 Å². The van der Waals surface area contributed by atoms with Crippen molar-refractivity contribution in [2.75, 3.05) is 0 Å². The van der Waals surface area contributed by atoms with E-state index < -0.39 is 0 Å². The SMILES string of the molecule is CC(C)N(Cc1ccccc1)Cc1cccc(CC(N)=S)c1. The molecule has 0 amide bonds. The first kappa shape index (κ1) is 16.7. The van der Waals surface area contributed by atoms with E-state index in [1.165, 1.54) is 16.7 Å². The lowest BCUT2D eigenvalue weighted by Gasteiger charge is -2.27. The number of thiocarbonyl (C=S) groups is 1. The van der Waals surface area contributed by atoms with Crippen LogP contribution in [-0.4, -0.2) is 15.9 Å². The Balaban J connectivity index is 2.09. The molecule has 116 valence electrons. The van der Waals surface area contributed by atoms with Gasteiger partial charge >= 0.3 is 0 Å². The highest BCUT2D eigenvalue weighted by Gasteiger charge is 2.11. The summed E-state index contributed by atoms with van der Waals surface area (Å²) in [6, 6.07) is 19.6. The summed E-state index contributed by atoms with van der Waals surface area (Å²) in [6.07, 6.45) is 0.670. The fourth-order valence-electron chi connectivity index (χ4n) is 2.51. The summed E-state index contributed by atoms with van der Waals surface area (Å²) in [5.41, 5.74) is 9.48. The van der Waals surface area contributed by atoms with Gasteiger partial charge in [-0.25, -0.2) is 0 Å². The molecule has 0 radical (unpaired) electrons. The van der Waals surface area contributed by atoms with E-state index in [4.69, 9.17) is 18.0 Å². The molecule has 2 rings (SSSR count). The molecule has 2 aromatic rings. The molecule has 0 aliphatic heterocycles. The van der Waals surface area contributed by atoms with Crippen molar-refractivity contribution in [3.05, 3.63) is 71.3 Å². The maximum absolute atomic E-state index is 5.65. The predicted octanol–water partition coefficient (Wildman–Crippen LogP) is 3.93. The number of benzene rings is 2. The molecule has 0 unspecified atom stereocenters. The number of nitrogens with zero attached hydrogens (tertiary/aromatic N) is 1. The fourth-order valence-corrected chi connectivity index (χ4v) is 2.68. The van der Waals surface area contributed by atoms with Crippen molar-refractivity contribution in [1.82, 2.24) is 4.90 Å². The van der Waals surface area contributed by atoms with Crippen LogP contribution in [0.4, 0.5) is 0 Å². The van der Waals surface area contributed by atoms with Crippen molar-refractivity contribution >= 4 is 17.2 Å². The van der Waals surface area contributed by atoms with Crippen molar-refractivity contribution in [3.63, 3.8) is 0 Å². The molecule has 2 nitrogen and oxygen atoms in total. The van der Waals surface area contributed by atoms with Crippen LogP contribution in [-0.2, 0) is 19.5 Å². The van der Waals surface area contributed by atoms with Gasteiger partial charge in [0.15, 0.2) is 0 Å². The lowest BCUT2D eigenvalue weighted by atomic mass is 10.1. The Kier molecular flexibility index (Phi) is 6.10. The molecule has 0 bridgehead atoms. The van der Waals surface area contributed by atoms with Crippen molar-refractivity contribution in [3.8, 4) is 0 Å². The lowest BCUT2D eigenvalue weighted by molar-refractivity contribution is 0.203. The average Bonchev–Trinajstić information content (AvgIpc) is 2.47. The summed E-state index contributed by atoms with van der Waals surface area (Å²) in [5.74, 6) is 0. The van der Waals surface area contributed by atoms with Gasteiger partial charge in [0, 0.05) is 25.6 Å². The van der Waals surface area contributed by atoms with E-state index in [-0.39, 0.29) is 0 Å². The van der Waals surface area contributed by atoms with Crippen LogP contribution in [0.5, 0.6) is 0 Å². The van der Waals surface area contributed by atoms with Crippen LogP contribution in [0.1, 0.15) is 30.5 Å². The molecule has 0 atom stereocenters. The van der Waals surface area contributed by atoms with Crippen molar-refractivity contribution in [2.45, 2.75) is 39.4 Å². The van der Waals surface area contributed by atoms with Gasteiger partial charge in [0.05, 0.1) is 4.99 Å². The Labute approximate surface area is 139 Å². The molecule has 2 aromatic carbocycles. The number of hydrogen-bond donors (Lipinski definition) is 1. The Bertz CT molecular complexity index is 608. The molecular formula is C19H24N2S. The van der Waals surface area contributed by atoms with Crippen molar-refractivity contribution in [1.29, 1.82) is 0 Å². The topological polar surface area (TPSA) is 29.3 Å². The van der Waals surface area contributed by atoms with Gasteiger partial charge in [-0.3, -0.25) is 4.90 Å². The van der Waals surface area contributed by atoms with E-state index in [0.29, 0.717) is 17.5 Å². The molecular weight excluding hydrogens is 288 g/mol. The van der Waals surface area contributed by atoms with Crippen LogP contribution < -0.4 is 5.73 Å². The van der Waals surface area contributed by atoms with Crippen molar-refractivity contribution < 1.29 is 0 Å².